The molecule has 3 rings (SSSR count). The Morgan fingerprint density at radius 2 is 1.81 bits per heavy atom. The summed E-state index contributed by atoms with van der Waals surface area (Å²) in [6.45, 7) is 0.497. The average molecular weight is 350 g/mol. The van der Waals surface area contributed by atoms with Crippen LogP contribution in [0.1, 0.15) is 30.4 Å². The summed E-state index contributed by atoms with van der Waals surface area (Å²) in [4.78, 5) is 34.0. The minimum absolute atomic E-state index is 0.00662. The van der Waals surface area contributed by atoms with Gasteiger partial charge >= 0.3 is 5.69 Å². The first-order valence-corrected chi connectivity index (χ1v) is 7.98. The number of nitrogens with one attached hydrogen (secondary N) is 1. The van der Waals surface area contributed by atoms with Gasteiger partial charge in [0.2, 0.25) is 0 Å². The third-order valence-corrected chi connectivity index (χ3v) is 4.03. The van der Waals surface area contributed by atoms with Gasteiger partial charge in [-0.2, -0.15) is 15.5 Å². The van der Waals surface area contributed by atoms with Gasteiger partial charge in [0, 0.05) is 13.2 Å². The maximum Gasteiger partial charge on any atom is 0.349 e. The van der Waals surface area contributed by atoms with E-state index in [1.54, 1.807) is 4.57 Å². The molecule has 0 atom stereocenters. The van der Waals surface area contributed by atoms with Crippen molar-refractivity contribution in [2.45, 2.75) is 25.8 Å². The highest BCUT2D eigenvalue weighted by Gasteiger charge is 2.19. The monoisotopic (exact) mass is 350 g/mol. The molecular weight excluding hydrogens is 336 g/mol. The third-order valence-electron chi connectivity index (χ3n) is 4.03. The molecule has 0 aromatic heterocycles. The van der Waals surface area contributed by atoms with Crippen LogP contribution in [-0.4, -0.2) is 31.2 Å². The maximum absolute atomic E-state index is 12.1. The predicted octanol–water partition coefficient (Wildman–Crippen LogP) is 0.491. The summed E-state index contributed by atoms with van der Waals surface area (Å²) in [5.41, 5.74) is -0.236. The number of aliphatic hydroxyl groups is 1. The van der Waals surface area contributed by atoms with Gasteiger partial charge in [0.25, 0.3) is 5.56 Å². The second-order valence-electron chi connectivity index (χ2n) is 5.70. The molecule has 0 radical (unpaired) electrons. The van der Waals surface area contributed by atoms with E-state index in [0.717, 1.165) is 6.42 Å². The Morgan fingerprint density at radius 3 is 2.50 bits per heavy atom. The first kappa shape index (κ1) is 17.3. The van der Waals surface area contributed by atoms with E-state index in [9.17, 15) is 20.1 Å². The van der Waals surface area contributed by atoms with Gasteiger partial charge in [-0.1, -0.05) is 0 Å². The van der Waals surface area contributed by atoms with E-state index >= 15 is 0 Å². The summed E-state index contributed by atoms with van der Waals surface area (Å²) in [6.07, 6.45) is 2.04. The van der Waals surface area contributed by atoms with Gasteiger partial charge in [-0.05, 0) is 31.4 Å². The Kier molecular flexibility index (Phi) is 4.74. The number of rotatable bonds is 5. The lowest BCUT2D eigenvalue weighted by Gasteiger charge is -2.17. The first-order valence-electron chi connectivity index (χ1n) is 7.98. The van der Waals surface area contributed by atoms with Crippen molar-refractivity contribution in [3.05, 3.63) is 44.1 Å². The largest absolute Gasteiger partial charge is 0.396 e. The first-order chi connectivity index (χ1) is 12.6. The number of hydrogen-bond acceptors (Lipinski definition) is 7. The number of aromatic nitrogens is 4. The van der Waals surface area contributed by atoms with Gasteiger partial charge in [-0.15, -0.1) is 0 Å². The summed E-state index contributed by atoms with van der Waals surface area (Å²) < 4.78 is 1.66. The van der Waals surface area contributed by atoms with Gasteiger partial charge < -0.3 is 9.67 Å². The molecule has 0 bridgehead atoms. The highest BCUT2D eigenvalue weighted by molar-refractivity contribution is 5.82. The molecule has 0 saturated heterocycles. The van der Waals surface area contributed by atoms with Crippen molar-refractivity contribution in [1.82, 2.24) is 19.5 Å². The molecule has 1 aromatic rings. The summed E-state index contributed by atoms with van der Waals surface area (Å²) >= 11 is 0. The topological polar surface area (TPSA) is 148 Å². The molecule has 0 aliphatic carbocycles. The average Bonchev–Trinajstić information content (AvgIpc) is 2.64. The van der Waals surface area contributed by atoms with E-state index in [4.69, 9.17) is 5.11 Å². The lowest BCUT2D eigenvalue weighted by molar-refractivity contribution is 0.282. The number of benzene rings is 1. The second kappa shape index (κ2) is 7.13. The van der Waals surface area contributed by atoms with Crippen molar-refractivity contribution >= 4 is 11.0 Å². The number of aryl methyl sites for hydroxylation is 1. The molecule has 130 valence electrons. The molecule has 2 aliphatic heterocycles. The van der Waals surface area contributed by atoms with Gasteiger partial charge in [-0.3, -0.25) is 9.78 Å². The van der Waals surface area contributed by atoms with Crippen LogP contribution in [0.25, 0.3) is 22.6 Å². The van der Waals surface area contributed by atoms with E-state index < -0.39 is 11.2 Å². The fourth-order valence-electron chi connectivity index (χ4n) is 2.81. The second-order valence-corrected chi connectivity index (χ2v) is 5.70. The highest BCUT2D eigenvalue weighted by atomic mass is 16.3. The van der Waals surface area contributed by atoms with Gasteiger partial charge in [-0.25, -0.2) is 9.78 Å². The highest BCUT2D eigenvalue weighted by Crippen LogP contribution is 2.24. The van der Waals surface area contributed by atoms with Crippen LogP contribution < -0.4 is 11.2 Å². The molecular formula is C17H14N6O3. The molecule has 2 N–H and O–H groups in total. The fourth-order valence-corrected chi connectivity index (χ4v) is 2.81. The zero-order valence-corrected chi connectivity index (χ0v) is 13.7. The Morgan fingerprint density at radius 1 is 1.08 bits per heavy atom. The normalized spacial score (nSPS) is 10.7. The van der Waals surface area contributed by atoms with E-state index in [0.29, 0.717) is 30.4 Å². The third kappa shape index (κ3) is 3.04. The Balaban J connectivity index is 2.32. The molecule has 1 aromatic carbocycles. The lowest BCUT2D eigenvalue weighted by Crippen LogP contribution is -2.29. The number of nitrogens with zero attached hydrogens (tertiary/aromatic N) is 5. The fraction of sp³-hybridized carbons (Fsp3) is 0.294. The number of aliphatic hydroxyl groups excluding tert-OH is 1. The van der Waals surface area contributed by atoms with Gasteiger partial charge in [0.1, 0.15) is 12.1 Å². The van der Waals surface area contributed by atoms with Crippen molar-refractivity contribution in [2.24, 2.45) is 0 Å². The van der Waals surface area contributed by atoms with Crippen molar-refractivity contribution in [3.63, 3.8) is 0 Å². The molecule has 2 aliphatic rings. The Bertz CT molecular complexity index is 1150. The van der Waals surface area contributed by atoms with Crippen LogP contribution in [0.5, 0.6) is 0 Å². The quantitative estimate of drug-likeness (QED) is 0.502. The molecule has 0 spiro atoms. The van der Waals surface area contributed by atoms with Crippen LogP contribution in [0.2, 0.25) is 0 Å². The van der Waals surface area contributed by atoms with E-state index in [1.807, 2.05) is 12.1 Å². The Hall–Kier alpha value is -3.56. The zero-order valence-electron chi connectivity index (χ0n) is 13.7. The molecule has 9 heteroatoms. The number of H-pyrrole nitrogens is 1. The zero-order chi connectivity index (χ0) is 18.7. The van der Waals surface area contributed by atoms with E-state index in [1.165, 1.54) is 12.1 Å². The smallest absolute Gasteiger partial charge is 0.349 e. The molecule has 0 saturated carbocycles. The standard InChI is InChI=1S/C17H14N6O3/c18-8-10-6-12-13(7-11(10)9-19)23(4-2-1-3-5-24)15-14(20-12)16(25)22-17(26)21-15/h6-7,24H,1-5H2,(H,22,25,26). The van der Waals surface area contributed by atoms with Gasteiger partial charge in [0.15, 0.2) is 11.5 Å². The van der Waals surface area contributed by atoms with Crippen LogP contribution >= 0.6 is 0 Å². The lowest BCUT2D eigenvalue weighted by atomic mass is 10.1. The summed E-state index contributed by atoms with van der Waals surface area (Å²) in [7, 11) is 0. The summed E-state index contributed by atoms with van der Waals surface area (Å²) in [5, 5.41) is 27.4. The molecule has 9 nitrogen and oxygen atoms in total. The number of aromatic amines is 1. The molecule has 0 fully saturated rings. The minimum Gasteiger partial charge on any atom is -0.396 e. The summed E-state index contributed by atoms with van der Waals surface area (Å²) in [6, 6.07) is 6.87. The van der Waals surface area contributed by atoms with Crippen LogP contribution in [0, 0.1) is 22.7 Å². The van der Waals surface area contributed by atoms with Crippen molar-refractivity contribution < 1.29 is 5.11 Å². The predicted molar refractivity (Wildman–Crippen MR) is 91.4 cm³/mol. The maximum atomic E-state index is 12.1. The van der Waals surface area contributed by atoms with Crippen LogP contribution in [0.3, 0.4) is 0 Å². The van der Waals surface area contributed by atoms with Crippen LogP contribution in [0.15, 0.2) is 21.7 Å². The number of nitriles is 2. The number of hydrogen-bond donors (Lipinski definition) is 2. The number of fused-ring (bicyclic) bond motifs is 2. The molecule has 0 amide bonds. The van der Waals surface area contributed by atoms with E-state index in [2.05, 4.69) is 15.0 Å². The van der Waals surface area contributed by atoms with E-state index in [-0.39, 0.29) is 29.3 Å². The van der Waals surface area contributed by atoms with Crippen LogP contribution in [0.4, 0.5) is 0 Å². The molecule has 0 unspecified atom stereocenters. The minimum atomic E-state index is -0.776. The van der Waals surface area contributed by atoms with Crippen LogP contribution in [-0.2, 0) is 6.54 Å². The van der Waals surface area contributed by atoms with Crippen molar-refractivity contribution in [1.29, 1.82) is 10.5 Å². The summed E-state index contributed by atoms with van der Waals surface area (Å²) in [5.74, 6) is 0.129. The SMILES string of the molecule is N#Cc1cc2nc3c(=O)[nH]c(=O)nc-3n(CCCCCO)c2cc1C#N. The van der Waals surface area contributed by atoms with Crippen molar-refractivity contribution in [2.75, 3.05) is 6.61 Å². The number of unbranched alkanes of at least 4 members (excludes halogenated alkanes) is 2. The Labute approximate surface area is 147 Å². The van der Waals surface area contributed by atoms with Gasteiger partial charge in [0.05, 0.1) is 22.2 Å². The molecule has 2 heterocycles. The molecule has 26 heavy (non-hydrogen) atoms. The van der Waals surface area contributed by atoms with Crippen molar-refractivity contribution in [3.8, 4) is 23.7 Å².